The fourth-order valence-corrected chi connectivity index (χ4v) is 4.91. The Kier molecular flexibility index (Phi) is 6.61. The minimum atomic E-state index is 0.105. The van der Waals surface area contributed by atoms with Crippen LogP contribution >= 0.6 is 23.1 Å². The number of methoxy groups -OCH3 is 1. The molecule has 156 valence electrons. The lowest BCUT2D eigenvalue weighted by atomic mass is 10.2. The van der Waals surface area contributed by atoms with Gasteiger partial charge in [-0.05, 0) is 31.2 Å². The number of para-hydroxylation sites is 1. The van der Waals surface area contributed by atoms with Gasteiger partial charge in [-0.1, -0.05) is 23.9 Å². The zero-order valence-electron chi connectivity index (χ0n) is 16.8. The first-order valence-corrected chi connectivity index (χ1v) is 11.4. The van der Waals surface area contributed by atoms with Crippen LogP contribution in [0.25, 0.3) is 21.1 Å². The number of rotatable bonds is 6. The molecular formula is C21H22N4O3S2. The third kappa shape index (κ3) is 4.63. The van der Waals surface area contributed by atoms with Crippen LogP contribution in [0.1, 0.15) is 5.69 Å². The molecule has 0 aliphatic carbocycles. The van der Waals surface area contributed by atoms with Gasteiger partial charge in [0.15, 0.2) is 0 Å². The van der Waals surface area contributed by atoms with Crippen LogP contribution in [-0.2, 0) is 9.53 Å². The Balaban J connectivity index is 1.45. The maximum absolute atomic E-state index is 12.3. The molecule has 3 heterocycles. The van der Waals surface area contributed by atoms with Crippen molar-refractivity contribution in [3.8, 4) is 26.9 Å². The molecule has 0 atom stereocenters. The molecule has 9 heteroatoms. The predicted molar refractivity (Wildman–Crippen MR) is 118 cm³/mol. The molecule has 0 saturated carbocycles. The second kappa shape index (κ2) is 9.55. The number of amides is 1. The summed E-state index contributed by atoms with van der Waals surface area (Å²) in [6.07, 6.45) is 0. The number of thiazole rings is 1. The highest BCUT2D eigenvalue weighted by Crippen LogP contribution is 2.38. The van der Waals surface area contributed by atoms with Gasteiger partial charge in [0, 0.05) is 13.1 Å². The normalized spacial score (nSPS) is 14.0. The average Bonchev–Trinajstić information content (AvgIpc) is 3.19. The largest absolute Gasteiger partial charge is 0.496 e. The SMILES string of the molecule is COc1ccccc1-c1nc(C)c(-c2ccc(SCC(=O)N3CCOCC3)nn2)s1. The smallest absolute Gasteiger partial charge is 0.233 e. The van der Waals surface area contributed by atoms with Crippen molar-refractivity contribution in [3.63, 3.8) is 0 Å². The van der Waals surface area contributed by atoms with Crippen LogP contribution in [0.3, 0.4) is 0 Å². The Bertz CT molecular complexity index is 1020. The van der Waals surface area contributed by atoms with Gasteiger partial charge in [0.25, 0.3) is 0 Å². The van der Waals surface area contributed by atoms with Gasteiger partial charge in [-0.15, -0.1) is 21.5 Å². The molecule has 0 spiro atoms. The summed E-state index contributed by atoms with van der Waals surface area (Å²) in [6, 6.07) is 11.7. The van der Waals surface area contributed by atoms with Crippen LogP contribution in [0.5, 0.6) is 5.75 Å². The van der Waals surface area contributed by atoms with Crippen molar-refractivity contribution in [2.45, 2.75) is 11.9 Å². The summed E-state index contributed by atoms with van der Waals surface area (Å²) in [6.45, 7) is 4.49. The quantitative estimate of drug-likeness (QED) is 0.541. The Morgan fingerprint density at radius 1 is 1.20 bits per heavy atom. The number of morpholine rings is 1. The molecule has 0 N–H and O–H groups in total. The van der Waals surface area contributed by atoms with E-state index in [9.17, 15) is 4.79 Å². The van der Waals surface area contributed by atoms with Gasteiger partial charge in [0.1, 0.15) is 21.5 Å². The monoisotopic (exact) mass is 442 g/mol. The van der Waals surface area contributed by atoms with Crippen LogP contribution in [0.15, 0.2) is 41.4 Å². The second-order valence-corrected chi connectivity index (χ2v) is 8.67. The number of thioether (sulfide) groups is 1. The number of nitrogens with zero attached hydrogens (tertiary/aromatic N) is 4. The summed E-state index contributed by atoms with van der Waals surface area (Å²) in [7, 11) is 1.66. The number of carbonyl (C=O) groups is 1. The Hall–Kier alpha value is -2.49. The molecular weight excluding hydrogens is 420 g/mol. The Morgan fingerprint density at radius 3 is 2.73 bits per heavy atom. The number of carbonyl (C=O) groups excluding carboxylic acids is 1. The topological polar surface area (TPSA) is 77.4 Å². The van der Waals surface area contributed by atoms with Crippen LogP contribution in [0.4, 0.5) is 0 Å². The lowest BCUT2D eigenvalue weighted by Crippen LogP contribution is -2.41. The van der Waals surface area contributed by atoms with E-state index >= 15 is 0 Å². The van der Waals surface area contributed by atoms with E-state index in [1.54, 1.807) is 18.4 Å². The van der Waals surface area contributed by atoms with E-state index in [0.717, 1.165) is 37.6 Å². The molecule has 1 aliphatic heterocycles. The van der Waals surface area contributed by atoms with E-state index in [-0.39, 0.29) is 5.91 Å². The van der Waals surface area contributed by atoms with Gasteiger partial charge >= 0.3 is 0 Å². The molecule has 30 heavy (non-hydrogen) atoms. The molecule has 1 aliphatic rings. The third-order valence-electron chi connectivity index (χ3n) is 4.71. The Morgan fingerprint density at radius 2 is 2.00 bits per heavy atom. The number of aryl methyl sites for hydroxylation is 1. The van der Waals surface area contributed by atoms with Gasteiger partial charge in [-0.2, -0.15) is 0 Å². The molecule has 0 unspecified atom stereocenters. The standard InChI is InChI=1S/C21H22N4O3S2/c1-14-20(30-21(22-14)15-5-3-4-6-17(15)27-2)16-7-8-18(24-23-16)29-13-19(26)25-9-11-28-12-10-25/h3-8H,9-13H2,1-2H3. The van der Waals surface area contributed by atoms with E-state index in [2.05, 4.69) is 10.2 Å². The molecule has 4 rings (SSSR count). The lowest BCUT2D eigenvalue weighted by molar-refractivity contribution is -0.132. The highest BCUT2D eigenvalue weighted by atomic mass is 32.2. The number of aromatic nitrogens is 3. The van der Waals surface area contributed by atoms with Crippen LogP contribution in [-0.4, -0.2) is 65.2 Å². The summed E-state index contributed by atoms with van der Waals surface area (Å²) in [5.74, 6) is 1.25. The molecule has 1 fully saturated rings. The van der Waals surface area contributed by atoms with Crippen molar-refractivity contribution in [1.29, 1.82) is 0 Å². The molecule has 0 radical (unpaired) electrons. The number of hydrogen-bond acceptors (Lipinski definition) is 8. The first-order chi connectivity index (χ1) is 14.7. The predicted octanol–water partition coefficient (Wildman–Crippen LogP) is 3.54. The molecule has 1 amide bonds. The van der Waals surface area contributed by atoms with Crippen LogP contribution < -0.4 is 4.74 Å². The second-order valence-electron chi connectivity index (χ2n) is 6.67. The summed E-state index contributed by atoms with van der Waals surface area (Å²) in [4.78, 5) is 19.8. The summed E-state index contributed by atoms with van der Waals surface area (Å²) in [5.41, 5.74) is 2.63. The third-order valence-corrected chi connectivity index (χ3v) is 6.83. The van der Waals surface area contributed by atoms with Gasteiger partial charge in [0.05, 0.1) is 42.2 Å². The van der Waals surface area contributed by atoms with Gasteiger partial charge < -0.3 is 14.4 Å². The highest BCUT2D eigenvalue weighted by Gasteiger charge is 2.18. The number of benzene rings is 1. The molecule has 0 bridgehead atoms. The van der Waals surface area contributed by atoms with Crippen molar-refractivity contribution >= 4 is 29.0 Å². The molecule has 2 aromatic heterocycles. The van der Waals surface area contributed by atoms with Crippen LogP contribution in [0, 0.1) is 6.92 Å². The zero-order valence-corrected chi connectivity index (χ0v) is 18.5. The molecule has 1 aromatic carbocycles. The number of hydrogen-bond donors (Lipinski definition) is 0. The zero-order chi connectivity index (χ0) is 20.9. The van der Waals surface area contributed by atoms with Crippen molar-refractivity contribution in [2.75, 3.05) is 39.2 Å². The van der Waals surface area contributed by atoms with Gasteiger partial charge in [-0.25, -0.2) is 4.98 Å². The van der Waals surface area contributed by atoms with Crippen molar-refractivity contribution in [2.24, 2.45) is 0 Å². The van der Waals surface area contributed by atoms with E-state index in [0.29, 0.717) is 32.1 Å². The van der Waals surface area contributed by atoms with E-state index in [1.165, 1.54) is 11.8 Å². The molecule has 1 saturated heterocycles. The van der Waals surface area contributed by atoms with Crippen molar-refractivity contribution in [1.82, 2.24) is 20.1 Å². The lowest BCUT2D eigenvalue weighted by Gasteiger charge is -2.26. The van der Waals surface area contributed by atoms with Gasteiger partial charge in [-0.3, -0.25) is 4.79 Å². The highest BCUT2D eigenvalue weighted by molar-refractivity contribution is 7.99. The van der Waals surface area contributed by atoms with Crippen molar-refractivity contribution in [3.05, 3.63) is 42.1 Å². The summed E-state index contributed by atoms with van der Waals surface area (Å²) in [5, 5.41) is 10.3. The minimum Gasteiger partial charge on any atom is -0.496 e. The van der Waals surface area contributed by atoms with E-state index in [4.69, 9.17) is 14.5 Å². The fraction of sp³-hybridized carbons (Fsp3) is 0.333. The minimum absolute atomic E-state index is 0.105. The average molecular weight is 443 g/mol. The van der Waals surface area contributed by atoms with Crippen LogP contribution in [0.2, 0.25) is 0 Å². The molecule has 7 nitrogen and oxygen atoms in total. The fourth-order valence-electron chi connectivity index (χ4n) is 3.13. The van der Waals surface area contributed by atoms with E-state index < -0.39 is 0 Å². The number of ether oxygens (including phenoxy) is 2. The van der Waals surface area contributed by atoms with Crippen molar-refractivity contribution < 1.29 is 14.3 Å². The molecule has 3 aromatic rings. The summed E-state index contributed by atoms with van der Waals surface area (Å²) >= 11 is 2.97. The maximum atomic E-state index is 12.3. The Labute approximate surface area is 183 Å². The first-order valence-electron chi connectivity index (χ1n) is 9.59. The summed E-state index contributed by atoms with van der Waals surface area (Å²) < 4.78 is 10.7. The maximum Gasteiger partial charge on any atom is 0.233 e. The van der Waals surface area contributed by atoms with Gasteiger partial charge in [0.2, 0.25) is 5.91 Å². The first kappa shape index (κ1) is 20.8. The van der Waals surface area contributed by atoms with E-state index in [1.807, 2.05) is 48.2 Å².